The fourth-order valence-corrected chi connectivity index (χ4v) is 3.39. The zero-order chi connectivity index (χ0) is 18.6. The van der Waals surface area contributed by atoms with Crippen LogP contribution in [0, 0.1) is 33.6 Å². The van der Waals surface area contributed by atoms with E-state index < -0.39 is 5.97 Å². The summed E-state index contributed by atoms with van der Waals surface area (Å²) in [5.41, 5.74) is 7.41. The van der Waals surface area contributed by atoms with E-state index in [9.17, 15) is 9.90 Å². The molecule has 2 heteroatoms. The number of benzene rings is 2. The number of hydrogen-bond donors (Lipinski definition) is 1. The summed E-state index contributed by atoms with van der Waals surface area (Å²) in [4.78, 5) is 11.9. The van der Waals surface area contributed by atoms with Gasteiger partial charge in [-0.15, -0.1) is 0 Å². The van der Waals surface area contributed by atoms with Crippen LogP contribution in [0.3, 0.4) is 0 Å². The lowest BCUT2D eigenvalue weighted by atomic mass is 9.83. The molecule has 0 heterocycles. The first-order valence-electron chi connectivity index (χ1n) is 9.17. The highest BCUT2D eigenvalue weighted by Crippen LogP contribution is 2.30. The summed E-state index contributed by atoms with van der Waals surface area (Å²) in [6, 6.07) is 12.8. The van der Waals surface area contributed by atoms with Crippen LogP contribution in [0.1, 0.15) is 59.1 Å². The van der Waals surface area contributed by atoms with Crippen LogP contribution in [0.25, 0.3) is 0 Å². The van der Waals surface area contributed by atoms with E-state index in [0.717, 1.165) is 12.0 Å². The molecule has 1 unspecified atom stereocenters. The second-order valence-electron chi connectivity index (χ2n) is 7.34. The monoisotopic (exact) mass is 338 g/mol. The maximum absolute atomic E-state index is 11.9. The molecule has 0 bridgehead atoms. The van der Waals surface area contributed by atoms with E-state index in [2.05, 4.69) is 71.0 Å². The number of hydrogen-bond acceptors (Lipinski definition) is 1. The van der Waals surface area contributed by atoms with Gasteiger partial charge in [-0.25, -0.2) is 0 Å². The van der Waals surface area contributed by atoms with Gasteiger partial charge in [-0.3, -0.25) is 4.79 Å². The molecule has 25 heavy (non-hydrogen) atoms. The molecule has 0 amide bonds. The van der Waals surface area contributed by atoms with Crippen LogP contribution in [0.15, 0.2) is 36.4 Å². The largest absolute Gasteiger partial charge is 0.481 e. The fourth-order valence-electron chi connectivity index (χ4n) is 3.39. The van der Waals surface area contributed by atoms with Gasteiger partial charge < -0.3 is 5.11 Å². The van der Waals surface area contributed by atoms with Crippen LogP contribution in [0.4, 0.5) is 0 Å². The Hall–Kier alpha value is -2.09. The van der Waals surface area contributed by atoms with Gasteiger partial charge in [-0.1, -0.05) is 43.3 Å². The normalized spacial score (nSPS) is 13.5. The Morgan fingerprint density at radius 2 is 1.52 bits per heavy atom. The third-order valence-electron chi connectivity index (χ3n) is 5.47. The van der Waals surface area contributed by atoms with Gasteiger partial charge in [-0.2, -0.15) is 0 Å². The van der Waals surface area contributed by atoms with Crippen LogP contribution in [-0.2, 0) is 11.2 Å². The summed E-state index contributed by atoms with van der Waals surface area (Å²) in [5.74, 6) is -0.763. The highest BCUT2D eigenvalue weighted by atomic mass is 16.4. The molecule has 0 aliphatic carbocycles. The summed E-state index contributed by atoms with van der Waals surface area (Å²) in [6.07, 6.45) is 2.23. The Kier molecular flexibility index (Phi) is 6.41. The lowest BCUT2D eigenvalue weighted by Crippen LogP contribution is -2.19. The lowest BCUT2D eigenvalue weighted by molar-refractivity contribution is -0.142. The van der Waals surface area contributed by atoms with Crippen molar-refractivity contribution < 1.29 is 9.90 Å². The predicted molar refractivity (Wildman–Crippen MR) is 104 cm³/mol. The van der Waals surface area contributed by atoms with Gasteiger partial charge in [0.15, 0.2) is 0 Å². The van der Waals surface area contributed by atoms with E-state index in [1.54, 1.807) is 0 Å². The molecule has 2 nitrogen and oxygen atoms in total. The van der Waals surface area contributed by atoms with E-state index in [-0.39, 0.29) is 11.8 Å². The molecule has 0 aromatic heterocycles. The summed E-state index contributed by atoms with van der Waals surface area (Å²) < 4.78 is 0. The molecule has 2 rings (SSSR count). The molecular weight excluding hydrogens is 308 g/mol. The molecule has 0 aliphatic rings. The minimum absolute atomic E-state index is 0.284. The zero-order valence-electron chi connectivity index (χ0n) is 16.1. The van der Waals surface area contributed by atoms with Crippen LogP contribution in [0.2, 0.25) is 0 Å². The Balaban J connectivity index is 2.19. The second kappa shape index (κ2) is 8.33. The van der Waals surface area contributed by atoms with Gasteiger partial charge in [-0.05, 0) is 86.3 Å². The minimum atomic E-state index is -0.694. The SMILES string of the molecule is CCC(C[C@H](Cc1ccc(C)c(C)c1)C(=O)O)c1ccc(C)c(C)c1. The number of carbonyl (C=O) groups is 1. The number of carboxylic acids is 1. The van der Waals surface area contributed by atoms with Gasteiger partial charge in [0.2, 0.25) is 0 Å². The second-order valence-corrected chi connectivity index (χ2v) is 7.34. The Morgan fingerprint density at radius 1 is 0.920 bits per heavy atom. The smallest absolute Gasteiger partial charge is 0.306 e. The highest BCUT2D eigenvalue weighted by molar-refractivity contribution is 5.70. The number of aliphatic carboxylic acids is 1. The van der Waals surface area contributed by atoms with Crippen molar-refractivity contribution in [2.75, 3.05) is 0 Å². The quantitative estimate of drug-likeness (QED) is 0.698. The van der Waals surface area contributed by atoms with Crippen molar-refractivity contribution in [3.8, 4) is 0 Å². The summed E-state index contributed by atoms with van der Waals surface area (Å²) in [7, 11) is 0. The summed E-state index contributed by atoms with van der Waals surface area (Å²) >= 11 is 0. The van der Waals surface area contributed by atoms with E-state index in [0.29, 0.717) is 12.8 Å². The molecular formula is C23H30O2. The first-order chi connectivity index (χ1) is 11.8. The first kappa shape index (κ1) is 19.2. The fraction of sp³-hybridized carbons (Fsp3) is 0.435. The van der Waals surface area contributed by atoms with E-state index >= 15 is 0 Å². The number of rotatable bonds is 7. The molecule has 0 saturated heterocycles. The van der Waals surface area contributed by atoms with Gasteiger partial charge in [0.1, 0.15) is 0 Å². The molecule has 0 saturated carbocycles. The van der Waals surface area contributed by atoms with E-state index in [1.807, 2.05) is 0 Å². The number of carboxylic acid groups (broad SMARTS) is 1. The van der Waals surface area contributed by atoms with Gasteiger partial charge in [0, 0.05) is 0 Å². The van der Waals surface area contributed by atoms with Crippen LogP contribution in [-0.4, -0.2) is 11.1 Å². The van der Waals surface area contributed by atoms with E-state index in [4.69, 9.17) is 0 Å². The Bertz CT molecular complexity index is 746. The minimum Gasteiger partial charge on any atom is -0.481 e. The van der Waals surface area contributed by atoms with Crippen molar-refractivity contribution in [2.45, 2.75) is 59.8 Å². The lowest BCUT2D eigenvalue weighted by Gasteiger charge is -2.21. The molecule has 2 atom stereocenters. The third-order valence-corrected chi connectivity index (χ3v) is 5.47. The zero-order valence-corrected chi connectivity index (χ0v) is 16.1. The molecule has 0 radical (unpaired) electrons. The van der Waals surface area contributed by atoms with Crippen molar-refractivity contribution >= 4 is 5.97 Å². The molecule has 0 aliphatic heterocycles. The van der Waals surface area contributed by atoms with Gasteiger partial charge in [0.05, 0.1) is 5.92 Å². The first-order valence-corrected chi connectivity index (χ1v) is 9.17. The average molecular weight is 338 g/mol. The van der Waals surface area contributed by atoms with Crippen LogP contribution >= 0.6 is 0 Å². The summed E-state index contributed by atoms with van der Waals surface area (Å²) in [6.45, 7) is 10.5. The molecule has 2 aromatic rings. The van der Waals surface area contributed by atoms with Crippen LogP contribution in [0.5, 0.6) is 0 Å². The molecule has 1 N–H and O–H groups in total. The maximum atomic E-state index is 11.9. The standard InChI is InChI=1S/C23H30O2/c1-6-20(21-10-8-16(3)18(5)12-21)14-22(23(24)25)13-19-9-7-15(2)17(4)11-19/h7-12,20,22H,6,13-14H2,1-5H3,(H,24,25)/t20?,22-/m0/s1. The van der Waals surface area contributed by atoms with E-state index in [1.165, 1.54) is 27.8 Å². The highest BCUT2D eigenvalue weighted by Gasteiger charge is 2.23. The van der Waals surface area contributed by atoms with Crippen molar-refractivity contribution in [2.24, 2.45) is 5.92 Å². The van der Waals surface area contributed by atoms with Crippen molar-refractivity contribution in [3.63, 3.8) is 0 Å². The molecule has 0 spiro atoms. The van der Waals surface area contributed by atoms with Crippen molar-refractivity contribution in [1.82, 2.24) is 0 Å². The Labute approximate surface area is 151 Å². The van der Waals surface area contributed by atoms with Crippen LogP contribution < -0.4 is 0 Å². The molecule has 134 valence electrons. The summed E-state index contributed by atoms with van der Waals surface area (Å²) in [5, 5.41) is 9.75. The van der Waals surface area contributed by atoms with Gasteiger partial charge in [0.25, 0.3) is 0 Å². The van der Waals surface area contributed by atoms with Crippen molar-refractivity contribution in [1.29, 1.82) is 0 Å². The average Bonchev–Trinajstić information content (AvgIpc) is 2.57. The van der Waals surface area contributed by atoms with Crippen molar-refractivity contribution in [3.05, 3.63) is 69.8 Å². The number of aryl methyl sites for hydroxylation is 4. The maximum Gasteiger partial charge on any atom is 0.306 e. The predicted octanol–water partition coefficient (Wildman–Crippen LogP) is 5.75. The topological polar surface area (TPSA) is 37.3 Å². The Morgan fingerprint density at radius 3 is 2.04 bits per heavy atom. The van der Waals surface area contributed by atoms with Gasteiger partial charge >= 0.3 is 5.97 Å². The molecule has 0 fully saturated rings. The third kappa shape index (κ3) is 4.94. The molecule has 2 aromatic carbocycles.